The molecule has 0 unspecified atom stereocenters. The number of hydrogen-bond donors (Lipinski definition) is 2. The van der Waals surface area contributed by atoms with Crippen molar-refractivity contribution >= 4 is 17.6 Å². The number of carbonyl (C=O) groups is 2. The number of rotatable bonds is 6. The average molecular weight is 283 g/mol. The third-order valence-electron chi connectivity index (χ3n) is 3.16. The molecule has 0 aromatic heterocycles. The summed E-state index contributed by atoms with van der Waals surface area (Å²) >= 11 is 0. The van der Waals surface area contributed by atoms with Gasteiger partial charge in [0.25, 0.3) is 0 Å². The van der Waals surface area contributed by atoms with Crippen molar-refractivity contribution in [2.45, 2.75) is 12.8 Å². The highest BCUT2D eigenvalue weighted by atomic mass is 16.4. The molecule has 0 heterocycles. The SMILES string of the molecule is O=C(C[C@H](Cc1ccccc1)C(=O)O)Nc1ccccc1. The van der Waals surface area contributed by atoms with Crippen LogP contribution in [0.1, 0.15) is 12.0 Å². The van der Waals surface area contributed by atoms with E-state index < -0.39 is 11.9 Å². The number of carboxylic acid groups (broad SMARTS) is 1. The molecule has 1 atom stereocenters. The second kappa shape index (κ2) is 7.24. The van der Waals surface area contributed by atoms with Crippen LogP contribution < -0.4 is 5.32 Å². The summed E-state index contributed by atoms with van der Waals surface area (Å²) in [6.45, 7) is 0. The molecule has 0 fully saturated rings. The lowest BCUT2D eigenvalue weighted by Crippen LogP contribution is -2.24. The molecule has 0 saturated heterocycles. The van der Waals surface area contributed by atoms with Crippen LogP contribution in [0, 0.1) is 5.92 Å². The second-order valence-corrected chi connectivity index (χ2v) is 4.84. The molecule has 2 aromatic carbocycles. The number of para-hydroxylation sites is 1. The molecule has 2 N–H and O–H groups in total. The Morgan fingerprint density at radius 1 is 0.952 bits per heavy atom. The summed E-state index contributed by atoms with van der Waals surface area (Å²) in [5.74, 6) is -1.97. The zero-order valence-electron chi connectivity index (χ0n) is 11.5. The Kier molecular flexibility index (Phi) is 5.10. The molecule has 1 amide bonds. The monoisotopic (exact) mass is 283 g/mol. The lowest BCUT2D eigenvalue weighted by molar-refractivity contribution is -0.143. The van der Waals surface area contributed by atoms with E-state index >= 15 is 0 Å². The number of amides is 1. The molecule has 2 rings (SSSR count). The molecule has 0 radical (unpaired) electrons. The van der Waals surface area contributed by atoms with Crippen LogP contribution in [0.15, 0.2) is 60.7 Å². The summed E-state index contributed by atoms with van der Waals surface area (Å²) in [5.41, 5.74) is 1.59. The first-order valence-corrected chi connectivity index (χ1v) is 6.77. The maximum atomic E-state index is 11.9. The molecule has 0 saturated carbocycles. The van der Waals surface area contributed by atoms with E-state index in [1.54, 1.807) is 12.1 Å². The normalized spacial score (nSPS) is 11.6. The average Bonchev–Trinajstić information content (AvgIpc) is 2.48. The van der Waals surface area contributed by atoms with Gasteiger partial charge in [0.1, 0.15) is 0 Å². The molecule has 2 aromatic rings. The summed E-state index contributed by atoms with van der Waals surface area (Å²) in [6, 6.07) is 18.3. The Bertz CT molecular complexity index is 596. The minimum Gasteiger partial charge on any atom is -0.481 e. The lowest BCUT2D eigenvalue weighted by atomic mass is 9.96. The number of nitrogens with one attached hydrogen (secondary N) is 1. The summed E-state index contributed by atoms with van der Waals surface area (Å²) in [6.07, 6.45) is 0.303. The van der Waals surface area contributed by atoms with Gasteiger partial charge in [0.05, 0.1) is 5.92 Å². The van der Waals surface area contributed by atoms with Gasteiger partial charge in [-0.3, -0.25) is 9.59 Å². The molecule has 0 aliphatic carbocycles. The lowest BCUT2D eigenvalue weighted by Gasteiger charge is -2.12. The quantitative estimate of drug-likeness (QED) is 0.856. The van der Waals surface area contributed by atoms with Crippen LogP contribution in [0.25, 0.3) is 0 Å². The molecule has 4 heteroatoms. The van der Waals surface area contributed by atoms with Gasteiger partial charge in [-0.15, -0.1) is 0 Å². The summed E-state index contributed by atoms with van der Waals surface area (Å²) in [4.78, 5) is 23.3. The van der Waals surface area contributed by atoms with Gasteiger partial charge in [0, 0.05) is 12.1 Å². The van der Waals surface area contributed by atoms with Gasteiger partial charge < -0.3 is 10.4 Å². The van der Waals surface area contributed by atoms with Gasteiger partial charge >= 0.3 is 5.97 Å². The number of hydrogen-bond acceptors (Lipinski definition) is 2. The number of anilines is 1. The maximum Gasteiger partial charge on any atom is 0.307 e. The van der Waals surface area contributed by atoms with Crippen LogP contribution in [-0.4, -0.2) is 17.0 Å². The largest absolute Gasteiger partial charge is 0.481 e. The van der Waals surface area contributed by atoms with Crippen molar-refractivity contribution in [1.82, 2.24) is 0 Å². The Hall–Kier alpha value is -2.62. The van der Waals surface area contributed by atoms with Gasteiger partial charge in [0.15, 0.2) is 0 Å². The second-order valence-electron chi connectivity index (χ2n) is 4.84. The Labute approximate surface area is 123 Å². The first-order chi connectivity index (χ1) is 10.1. The van der Waals surface area contributed by atoms with E-state index in [2.05, 4.69) is 5.32 Å². The number of aliphatic carboxylic acids is 1. The van der Waals surface area contributed by atoms with Crippen molar-refractivity contribution in [3.05, 3.63) is 66.2 Å². The van der Waals surface area contributed by atoms with E-state index in [9.17, 15) is 14.7 Å². The van der Waals surface area contributed by atoms with Crippen molar-refractivity contribution < 1.29 is 14.7 Å². The topological polar surface area (TPSA) is 66.4 Å². The van der Waals surface area contributed by atoms with E-state index in [1.165, 1.54) is 0 Å². The van der Waals surface area contributed by atoms with E-state index in [-0.39, 0.29) is 12.3 Å². The van der Waals surface area contributed by atoms with Crippen LogP contribution >= 0.6 is 0 Å². The van der Waals surface area contributed by atoms with Crippen LogP contribution in [0.3, 0.4) is 0 Å². The molecule has 0 spiro atoms. The van der Waals surface area contributed by atoms with E-state index in [0.29, 0.717) is 12.1 Å². The van der Waals surface area contributed by atoms with Crippen LogP contribution in [0.2, 0.25) is 0 Å². The minimum absolute atomic E-state index is 0.0425. The third kappa shape index (κ3) is 4.76. The van der Waals surface area contributed by atoms with E-state index in [1.807, 2.05) is 48.5 Å². The minimum atomic E-state index is -0.956. The Morgan fingerprint density at radius 2 is 1.52 bits per heavy atom. The number of carboxylic acids is 1. The highest BCUT2D eigenvalue weighted by Gasteiger charge is 2.21. The first-order valence-electron chi connectivity index (χ1n) is 6.77. The molecular formula is C17H17NO3. The highest BCUT2D eigenvalue weighted by molar-refractivity contribution is 5.93. The highest BCUT2D eigenvalue weighted by Crippen LogP contribution is 2.14. The van der Waals surface area contributed by atoms with E-state index in [0.717, 1.165) is 5.56 Å². The van der Waals surface area contributed by atoms with Gasteiger partial charge in [-0.2, -0.15) is 0 Å². The predicted molar refractivity (Wildman–Crippen MR) is 81.0 cm³/mol. The van der Waals surface area contributed by atoms with Crippen molar-refractivity contribution in [3.8, 4) is 0 Å². The number of benzene rings is 2. The van der Waals surface area contributed by atoms with Gasteiger partial charge in [-0.25, -0.2) is 0 Å². The van der Waals surface area contributed by atoms with Gasteiger partial charge in [-0.05, 0) is 24.1 Å². The van der Waals surface area contributed by atoms with Gasteiger partial charge in [-0.1, -0.05) is 48.5 Å². The smallest absolute Gasteiger partial charge is 0.307 e. The summed E-state index contributed by atoms with van der Waals surface area (Å²) < 4.78 is 0. The molecule has 0 aliphatic heterocycles. The predicted octanol–water partition coefficient (Wildman–Crippen LogP) is 2.96. The van der Waals surface area contributed by atoms with E-state index in [4.69, 9.17) is 0 Å². The molecule has 0 aliphatic rings. The molecule has 108 valence electrons. The fraction of sp³-hybridized carbons (Fsp3) is 0.176. The van der Waals surface area contributed by atoms with Crippen LogP contribution in [-0.2, 0) is 16.0 Å². The van der Waals surface area contributed by atoms with Crippen molar-refractivity contribution in [3.63, 3.8) is 0 Å². The summed E-state index contributed by atoms with van der Waals surface area (Å²) in [5, 5.41) is 12.0. The van der Waals surface area contributed by atoms with Crippen molar-refractivity contribution in [2.75, 3.05) is 5.32 Å². The fourth-order valence-electron chi connectivity index (χ4n) is 2.10. The zero-order chi connectivity index (χ0) is 15.1. The van der Waals surface area contributed by atoms with Gasteiger partial charge in [0.2, 0.25) is 5.91 Å². The standard InChI is InChI=1S/C17H17NO3/c19-16(18-15-9-5-2-6-10-15)12-14(17(20)21)11-13-7-3-1-4-8-13/h1-10,14H,11-12H2,(H,18,19)(H,20,21)/t14-/m0/s1. The Morgan fingerprint density at radius 3 is 2.10 bits per heavy atom. The Balaban J connectivity index is 1.96. The van der Waals surface area contributed by atoms with Crippen molar-refractivity contribution in [2.24, 2.45) is 5.92 Å². The van der Waals surface area contributed by atoms with Crippen molar-refractivity contribution in [1.29, 1.82) is 0 Å². The first kappa shape index (κ1) is 14.8. The molecule has 4 nitrogen and oxygen atoms in total. The van der Waals surface area contributed by atoms with Crippen LogP contribution in [0.4, 0.5) is 5.69 Å². The summed E-state index contributed by atoms with van der Waals surface area (Å²) in [7, 11) is 0. The zero-order valence-corrected chi connectivity index (χ0v) is 11.5. The fourth-order valence-corrected chi connectivity index (χ4v) is 2.10. The molecular weight excluding hydrogens is 266 g/mol. The molecule has 0 bridgehead atoms. The maximum absolute atomic E-state index is 11.9. The third-order valence-corrected chi connectivity index (χ3v) is 3.16. The number of carbonyl (C=O) groups excluding carboxylic acids is 1. The molecule has 21 heavy (non-hydrogen) atoms. The van der Waals surface area contributed by atoms with Crippen LogP contribution in [0.5, 0.6) is 0 Å².